The van der Waals surface area contributed by atoms with Gasteiger partial charge in [-0.25, -0.2) is 8.42 Å². The number of anilines is 1. The van der Waals surface area contributed by atoms with Crippen molar-refractivity contribution in [2.75, 3.05) is 45.3 Å². The van der Waals surface area contributed by atoms with E-state index >= 15 is 0 Å². The first kappa shape index (κ1) is 22.6. The van der Waals surface area contributed by atoms with Gasteiger partial charge in [-0.1, -0.05) is 23.2 Å². The van der Waals surface area contributed by atoms with E-state index in [0.717, 1.165) is 0 Å². The number of ether oxygens (including phenoxy) is 3. The first-order chi connectivity index (χ1) is 14.3. The minimum absolute atomic E-state index is 0.0508. The summed E-state index contributed by atoms with van der Waals surface area (Å²) in [6.45, 7) is 0.920. The number of benzene rings is 2. The Bertz CT molecular complexity index is 1030. The van der Waals surface area contributed by atoms with E-state index in [1.54, 1.807) is 18.2 Å². The zero-order valence-electron chi connectivity index (χ0n) is 16.1. The molecule has 0 radical (unpaired) electrons. The van der Waals surface area contributed by atoms with Crippen LogP contribution in [0.4, 0.5) is 5.69 Å². The largest absolute Gasteiger partial charge is 0.495 e. The van der Waals surface area contributed by atoms with Crippen LogP contribution in [0.3, 0.4) is 0 Å². The number of nitrogens with one attached hydrogen (secondary N) is 1. The fourth-order valence-corrected chi connectivity index (χ4v) is 4.71. The Morgan fingerprint density at radius 1 is 1.13 bits per heavy atom. The summed E-state index contributed by atoms with van der Waals surface area (Å²) in [4.78, 5) is 12.3. The molecule has 0 unspecified atom stereocenters. The quantitative estimate of drug-likeness (QED) is 0.662. The van der Waals surface area contributed by atoms with Gasteiger partial charge in [-0.05, 0) is 36.4 Å². The summed E-state index contributed by atoms with van der Waals surface area (Å²) < 4.78 is 42.5. The first-order valence-electron chi connectivity index (χ1n) is 8.95. The highest BCUT2D eigenvalue weighted by atomic mass is 35.5. The number of hydrogen-bond donors (Lipinski definition) is 1. The Kier molecular flexibility index (Phi) is 7.43. The highest BCUT2D eigenvalue weighted by Crippen LogP contribution is 2.30. The molecule has 11 heteroatoms. The molecule has 3 rings (SSSR count). The monoisotopic (exact) mass is 474 g/mol. The smallest absolute Gasteiger partial charge is 0.262 e. The van der Waals surface area contributed by atoms with Gasteiger partial charge in [-0.2, -0.15) is 4.31 Å². The average Bonchev–Trinajstić information content (AvgIpc) is 2.73. The maximum atomic E-state index is 12.7. The van der Waals surface area contributed by atoms with Crippen LogP contribution >= 0.6 is 23.2 Å². The van der Waals surface area contributed by atoms with Crippen LogP contribution in [0.15, 0.2) is 41.3 Å². The van der Waals surface area contributed by atoms with Gasteiger partial charge in [-0.15, -0.1) is 0 Å². The predicted molar refractivity (Wildman–Crippen MR) is 113 cm³/mol. The summed E-state index contributed by atoms with van der Waals surface area (Å²) in [6, 6.07) is 8.94. The zero-order valence-corrected chi connectivity index (χ0v) is 18.4. The molecule has 0 spiro atoms. The molecule has 1 saturated heterocycles. The third kappa shape index (κ3) is 5.35. The van der Waals surface area contributed by atoms with Crippen molar-refractivity contribution in [1.82, 2.24) is 4.31 Å². The highest BCUT2D eigenvalue weighted by molar-refractivity contribution is 7.89. The van der Waals surface area contributed by atoms with Crippen molar-refractivity contribution in [2.24, 2.45) is 0 Å². The molecule has 1 fully saturated rings. The summed E-state index contributed by atoms with van der Waals surface area (Å²) >= 11 is 12.1. The normalized spacial score (nSPS) is 14.9. The summed E-state index contributed by atoms with van der Waals surface area (Å²) in [7, 11) is -2.20. The lowest BCUT2D eigenvalue weighted by Gasteiger charge is -2.26. The highest BCUT2D eigenvalue weighted by Gasteiger charge is 2.27. The number of amides is 1. The molecule has 0 aliphatic carbocycles. The fraction of sp³-hybridized carbons (Fsp3) is 0.316. The lowest BCUT2D eigenvalue weighted by atomic mass is 10.3. The van der Waals surface area contributed by atoms with Gasteiger partial charge in [0.25, 0.3) is 5.91 Å². The zero-order chi connectivity index (χ0) is 21.7. The maximum Gasteiger partial charge on any atom is 0.262 e. The molecule has 1 amide bonds. The van der Waals surface area contributed by atoms with Crippen LogP contribution in [0.5, 0.6) is 11.5 Å². The molecule has 1 aliphatic rings. The molecular weight excluding hydrogens is 455 g/mol. The number of halogens is 2. The van der Waals surface area contributed by atoms with Crippen LogP contribution in [-0.4, -0.2) is 58.7 Å². The minimum atomic E-state index is -3.68. The molecule has 0 atom stereocenters. The molecule has 0 bridgehead atoms. The Morgan fingerprint density at radius 2 is 1.83 bits per heavy atom. The minimum Gasteiger partial charge on any atom is -0.495 e. The van der Waals surface area contributed by atoms with Gasteiger partial charge in [0.1, 0.15) is 11.5 Å². The van der Waals surface area contributed by atoms with E-state index in [4.69, 9.17) is 37.4 Å². The van der Waals surface area contributed by atoms with Crippen molar-refractivity contribution < 1.29 is 27.4 Å². The maximum absolute atomic E-state index is 12.7. The van der Waals surface area contributed by atoms with Gasteiger partial charge in [-0.3, -0.25) is 4.79 Å². The summed E-state index contributed by atoms with van der Waals surface area (Å²) in [6.07, 6.45) is 0. The number of hydrogen-bond acceptors (Lipinski definition) is 6. The number of carbonyl (C=O) groups is 1. The van der Waals surface area contributed by atoms with E-state index in [2.05, 4.69) is 5.32 Å². The Labute approximate surface area is 184 Å². The van der Waals surface area contributed by atoms with E-state index in [-0.39, 0.29) is 35.4 Å². The molecule has 30 heavy (non-hydrogen) atoms. The lowest BCUT2D eigenvalue weighted by molar-refractivity contribution is -0.118. The van der Waals surface area contributed by atoms with Crippen LogP contribution in [0.1, 0.15) is 0 Å². The Balaban J connectivity index is 1.65. The third-order valence-electron chi connectivity index (χ3n) is 4.31. The van der Waals surface area contributed by atoms with E-state index in [1.165, 1.54) is 29.6 Å². The summed E-state index contributed by atoms with van der Waals surface area (Å²) in [5, 5.41) is 3.16. The molecule has 1 aliphatic heterocycles. The molecule has 2 aromatic carbocycles. The van der Waals surface area contributed by atoms with Crippen molar-refractivity contribution in [3.63, 3.8) is 0 Å². The second-order valence-electron chi connectivity index (χ2n) is 6.29. The Morgan fingerprint density at radius 3 is 2.50 bits per heavy atom. The van der Waals surface area contributed by atoms with Gasteiger partial charge >= 0.3 is 0 Å². The third-order valence-corrected chi connectivity index (χ3v) is 6.73. The molecule has 0 aromatic heterocycles. The van der Waals surface area contributed by atoms with Gasteiger partial charge in [0, 0.05) is 18.1 Å². The van der Waals surface area contributed by atoms with Crippen LogP contribution in [0.2, 0.25) is 10.0 Å². The summed E-state index contributed by atoms with van der Waals surface area (Å²) in [5.74, 6) is 0.172. The first-order valence-corrected chi connectivity index (χ1v) is 11.1. The fourth-order valence-electron chi connectivity index (χ4n) is 2.80. The van der Waals surface area contributed by atoms with Crippen molar-refractivity contribution in [1.29, 1.82) is 0 Å². The molecule has 162 valence electrons. The Hall–Kier alpha value is -2.04. The van der Waals surface area contributed by atoms with E-state index < -0.39 is 15.9 Å². The summed E-state index contributed by atoms with van der Waals surface area (Å²) in [5.41, 5.74) is 0.400. The van der Waals surface area contributed by atoms with Gasteiger partial charge in [0.2, 0.25) is 10.0 Å². The number of nitrogens with zero attached hydrogens (tertiary/aromatic N) is 1. The lowest BCUT2D eigenvalue weighted by Crippen LogP contribution is -2.40. The number of sulfonamides is 1. The molecular formula is C19H20Cl2N2O6S. The molecule has 1 N–H and O–H groups in total. The molecule has 8 nitrogen and oxygen atoms in total. The standard InChI is InChI=1S/C19H20Cl2N2O6S/c1-27-18-4-2-13(20)10-16(18)22-19(24)12-29-17-5-3-14(11-15(17)21)30(25,26)23-6-8-28-9-7-23/h2-5,10-11H,6-9,12H2,1H3,(H,22,24). The van der Waals surface area contributed by atoms with Gasteiger partial charge < -0.3 is 19.5 Å². The van der Waals surface area contributed by atoms with Crippen molar-refractivity contribution in [3.8, 4) is 11.5 Å². The molecule has 1 heterocycles. The van der Waals surface area contributed by atoms with Crippen LogP contribution in [-0.2, 0) is 19.6 Å². The number of rotatable bonds is 7. The average molecular weight is 475 g/mol. The van der Waals surface area contributed by atoms with Gasteiger partial charge in [0.05, 0.1) is 35.9 Å². The second kappa shape index (κ2) is 9.84. The van der Waals surface area contributed by atoms with Crippen molar-refractivity contribution in [2.45, 2.75) is 4.90 Å². The van der Waals surface area contributed by atoms with E-state index in [0.29, 0.717) is 29.7 Å². The number of methoxy groups -OCH3 is 1. The number of morpholine rings is 1. The van der Waals surface area contributed by atoms with E-state index in [1.807, 2.05) is 0 Å². The van der Waals surface area contributed by atoms with Crippen LogP contribution in [0.25, 0.3) is 0 Å². The molecule has 0 saturated carbocycles. The van der Waals surface area contributed by atoms with Crippen LogP contribution in [0, 0.1) is 0 Å². The topological polar surface area (TPSA) is 94.2 Å². The second-order valence-corrected chi connectivity index (χ2v) is 9.07. The number of carbonyl (C=O) groups excluding carboxylic acids is 1. The van der Waals surface area contributed by atoms with E-state index in [9.17, 15) is 13.2 Å². The van der Waals surface area contributed by atoms with Gasteiger partial charge in [0.15, 0.2) is 6.61 Å². The van der Waals surface area contributed by atoms with Crippen molar-refractivity contribution in [3.05, 3.63) is 46.4 Å². The molecule has 2 aromatic rings. The predicted octanol–water partition coefficient (Wildman–Crippen LogP) is 3.04. The SMILES string of the molecule is COc1ccc(Cl)cc1NC(=O)COc1ccc(S(=O)(=O)N2CCOCC2)cc1Cl. The van der Waals surface area contributed by atoms with Crippen LogP contribution < -0.4 is 14.8 Å². The van der Waals surface area contributed by atoms with Crippen molar-refractivity contribution >= 4 is 44.8 Å².